The van der Waals surface area contributed by atoms with Gasteiger partial charge < -0.3 is 10.6 Å². The van der Waals surface area contributed by atoms with Gasteiger partial charge in [-0.2, -0.15) is 5.10 Å². The van der Waals surface area contributed by atoms with Crippen molar-refractivity contribution in [2.75, 3.05) is 18.4 Å². The van der Waals surface area contributed by atoms with Crippen LogP contribution in [0.1, 0.15) is 12.8 Å². The van der Waals surface area contributed by atoms with Crippen molar-refractivity contribution in [3.63, 3.8) is 0 Å². The molecule has 0 bridgehead atoms. The first-order chi connectivity index (χ1) is 8.84. The lowest BCUT2D eigenvalue weighted by atomic mass is 9.97. The molecule has 1 amide bonds. The van der Waals surface area contributed by atoms with E-state index in [0.717, 1.165) is 37.0 Å². The Morgan fingerprint density at radius 3 is 3.06 bits per heavy atom. The van der Waals surface area contributed by atoms with Gasteiger partial charge in [-0.3, -0.25) is 9.89 Å². The van der Waals surface area contributed by atoms with E-state index in [-0.39, 0.29) is 11.8 Å². The molecule has 94 valence electrons. The minimum Gasteiger partial charge on any atom is -0.325 e. The zero-order chi connectivity index (χ0) is 12.4. The number of rotatable bonds is 2. The van der Waals surface area contributed by atoms with Crippen LogP contribution in [0.5, 0.6) is 0 Å². The van der Waals surface area contributed by atoms with Gasteiger partial charge in [0.2, 0.25) is 5.91 Å². The highest BCUT2D eigenvalue weighted by atomic mass is 16.1. The summed E-state index contributed by atoms with van der Waals surface area (Å²) in [6.07, 6.45) is 5.13. The molecule has 18 heavy (non-hydrogen) atoms. The van der Waals surface area contributed by atoms with Crippen molar-refractivity contribution in [1.82, 2.24) is 20.5 Å². The van der Waals surface area contributed by atoms with Gasteiger partial charge in [-0.25, -0.2) is 4.98 Å². The molecular weight excluding hydrogens is 230 g/mol. The Morgan fingerprint density at radius 2 is 2.22 bits per heavy atom. The number of pyridine rings is 1. The topological polar surface area (TPSA) is 82.7 Å². The normalized spacial score (nSPS) is 16.9. The predicted molar refractivity (Wildman–Crippen MR) is 68.1 cm³/mol. The Morgan fingerprint density at radius 1 is 1.39 bits per heavy atom. The van der Waals surface area contributed by atoms with Gasteiger partial charge >= 0.3 is 0 Å². The molecule has 2 aromatic rings. The van der Waals surface area contributed by atoms with Gasteiger partial charge in [-0.05, 0) is 32.0 Å². The molecule has 1 aliphatic rings. The Labute approximate surface area is 104 Å². The van der Waals surface area contributed by atoms with Crippen LogP contribution in [-0.4, -0.2) is 34.2 Å². The summed E-state index contributed by atoms with van der Waals surface area (Å²) < 4.78 is 0. The van der Waals surface area contributed by atoms with E-state index in [1.807, 2.05) is 0 Å². The smallest absolute Gasteiger partial charge is 0.227 e. The fraction of sp³-hybridized carbons (Fsp3) is 0.417. The lowest BCUT2D eigenvalue weighted by Crippen LogP contribution is -2.34. The number of aromatic nitrogens is 3. The lowest BCUT2D eigenvalue weighted by Gasteiger charge is -2.21. The van der Waals surface area contributed by atoms with Crippen LogP contribution in [0.4, 0.5) is 5.69 Å². The SMILES string of the molecule is O=C(Nc1ccnc2[nH]ncc12)C1CCNCC1. The predicted octanol–water partition coefficient (Wildman–Crippen LogP) is 0.896. The van der Waals surface area contributed by atoms with Crippen LogP contribution < -0.4 is 10.6 Å². The van der Waals surface area contributed by atoms with Crippen molar-refractivity contribution >= 4 is 22.6 Å². The summed E-state index contributed by atoms with van der Waals surface area (Å²) in [5, 5.41) is 13.8. The minimum atomic E-state index is 0.0881. The van der Waals surface area contributed by atoms with Gasteiger partial charge in [0.15, 0.2) is 5.65 Å². The van der Waals surface area contributed by atoms with Gasteiger partial charge in [0.1, 0.15) is 0 Å². The Hall–Kier alpha value is -1.95. The van der Waals surface area contributed by atoms with E-state index in [9.17, 15) is 4.79 Å². The van der Waals surface area contributed by atoms with Crippen molar-refractivity contribution in [2.45, 2.75) is 12.8 Å². The number of H-pyrrole nitrogens is 1. The first-order valence-electron chi connectivity index (χ1n) is 6.14. The monoisotopic (exact) mass is 245 g/mol. The van der Waals surface area contributed by atoms with Gasteiger partial charge in [0.05, 0.1) is 17.3 Å². The van der Waals surface area contributed by atoms with Gasteiger partial charge in [-0.1, -0.05) is 0 Å². The summed E-state index contributed by atoms with van der Waals surface area (Å²) in [6, 6.07) is 1.80. The molecule has 0 saturated carbocycles. The number of hydrogen-bond donors (Lipinski definition) is 3. The molecular formula is C12H15N5O. The number of piperidine rings is 1. The molecule has 3 N–H and O–H groups in total. The van der Waals surface area contributed by atoms with E-state index in [4.69, 9.17) is 0 Å². The number of nitrogens with one attached hydrogen (secondary N) is 3. The number of hydrogen-bond acceptors (Lipinski definition) is 4. The number of carbonyl (C=O) groups is 1. The van der Waals surface area contributed by atoms with E-state index < -0.39 is 0 Å². The molecule has 1 saturated heterocycles. The van der Waals surface area contributed by atoms with Crippen molar-refractivity contribution < 1.29 is 4.79 Å². The summed E-state index contributed by atoms with van der Waals surface area (Å²) in [5.74, 6) is 0.187. The molecule has 0 spiro atoms. The van der Waals surface area contributed by atoms with E-state index in [2.05, 4.69) is 25.8 Å². The van der Waals surface area contributed by atoms with Gasteiger partial charge in [-0.15, -0.1) is 0 Å². The summed E-state index contributed by atoms with van der Waals surface area (Å²) in [7, 11) is 0. The van der Waals surface area contributed by atoms with Crippen molar-refractivity contribution in [1.29, 1.82) is 0 Å². The maximum atomic E-state index is 12.1. The van der Waals surface area contributed by atoms with E-state index in [1.54, 1.807) is 18.5 Å². The van der Waals surface area contributed by atoms with E-state index >= 15 is 0 Å². The highest BCUT2D eigenvalue weighted by Crippen LogP contribution is 2.21. The number of amides is 1. The highest BCUT2D eigenvalue weighted by molar-refractivity contribution is 6.00. The third-order valence-corrected chi connectivity index (χ3v) is 3.32. The van der Waals surface area contributed by atoms with Crippen molar-refractivity contribution in [2.24, 2.45) is 5.92 Å². The maximum Gasteiger partial charge on any atom is 0.227 e. The molecule has 0 atom stereocenters. The van der Waals surface area contributed by atoms with Crippen molar-refractivity contribution in [3.8, 4) is 0 Å². The summed E-state index contributed by atoms with van der Waals surface area (Å²) in [6.45, 7) is 1.82. The van der Waals surface area contributed by atoms with Crippen LogP contribution in [0.3, 0.4) is 0 Å². The number of aromatic amines is 1. The fourth-order valence-corrected chi connectivity index (χ4v) is 2.28. The van der Waals surface area contributed by atoms with Crippen LogP contribution in [0.25, 0.3) is 11.0 Å². The second-order valence-corrected chi connectivity index (χ2v) is 4.50. The molecule has 6 nitrogen and oxygen atoms in total. The number of nitrogens with zero attached hydrogens (tertiary/aromatic N) is 2. The average Bonchev–Trinajstić information content (AvgIpc) is 2.89. The standard InChI is InChI=1S/C12H15N5O/c18-12(8-1-4-13-5-2-8)16-10-3-6-14-11-9(10)7-15-17-11/h3,6-8,13H,1-2,4-5H2,(H2,14,15,16,17,18). The van der Waals surface area contributed by atoms with Gasteiger partial charge in [0, 0.05) is 12.1 Å². The minimum absolute atomic E-state index is 0.0881. The quantitative estimate of drug-likeness (QED) is 0.734. The molecule has 0 aromatic carbocycles. The molecule has 1 fully saturated rings. The number of anilines is 1. The van der Waals surface area contributed by atoms with Crippen LogP contribution in [0.15, 0.2) is 18.5 Å². The second-order valence-electron chi connectivity index (χ2n) is 4.50. The largest absolute Gasteiger partial charge is 0.325 e. The maximum absolute atomic E-state index is 12.1. The van der Waals surface area contributed by atoms with E-state index in [0.29, 0.717) is 5.65 Å². The third-order valence-electron chi connectivity index (χ3n) is 3.32. The lowest BCUT2D eigenvalue weighted by molar-refractivity contribution is -0.120. The zero-order valence-electron chi connectivity index (χ0n) is 9.94. The van der Waals surface area contributed by atoms with Gasteiger partial charge in [0.25, 0.3) is 0 Å². The number of fused-ring (bicyclic) bond motifs is 1. The first kappa shape index (κ1) is 11.2. The Kier molecular flexibility index (Phi) is 2.93. The van der Waals surface area contributed by atoms with Crippen LogP contribution >= 0.6 is 0 Å². The first-order valence-corrected chi connectivity index (χ1v) is 6.14. The molecule has 0 unspecified atom stereocenters. The van der Waals surface area contributed by atoms with Crippen LogP contribution in [0.2, 0.25) is 0 Å². The molecule has 0 radical (unpaired) electrons. The summed E-state index contributed by atoms with van der Waals surface area (Å²) in [5.41, 5.74) is 1.47. The Balaban J connectivity index is 1.79. The molecule has 1 aliphatic heterocycles. The summed E-state index contributed by atoms with van der Waals surface area (Å²) >= 11 is 0. The average molecular weight is 245 g/mol. The second kappa shape index (κ2) is 4.73. The van der Waals surface area contributed by atoms with Crippen molar-refractivity contribution in [3.05, 3.63) is 18.5 Å². The molecule has 2 aromatic heterocycles. The van der Waals surface area contributed by atoms with E-state index in [1.165, 1.54) is 0 Å². The summed E-state index contributed by atoms with van der Waals surface area (Å²) in [4.78, 5) is 16.3. The fourth-order valence-electron chi connectivity index (χ4n) is 2.28. The molecule has 3 rings (SSSR count). The zero-order valence-corrected chi connectivity index (χ0v) is 9.94. The molecule has 6 heteroatoms. The van der Waals surface area contributed by atoms with Crippen LogP contribution in [0, 0.1) is 5.92 Å². The highest BCUT2D eigenvalue weighted by Gasteiger charge is 2.21. The third kappa shape index (κ3) is 2.06. The Bertz CT molecular complexity index is 558. The number of carbonyl (C=O) groups excluding carboxylic acids is 1. The van der Waals surface area contributed by atoms with Crippen LogP contribution in [-0.2, 0) is 4.79 Å². The molecule has 0 aliphatic carbocycles. The molecule has 3 heterocycles.